The molecule has 3 aromatic carbocycles. The van der Waals surface area contributed by atoms with Gasteiger partial charge >= 0.3 is 176 Å². The second-order valence-corrected chi connectivity index (χ2v) is 10.9. The van der Waals surface area contributed by atoms with Crippen LogP contribution >= 0.6 is 0 Å². The average Bonchev–Trinajstić information content (AvgIpc) is 2.99. The Hall–Kier alpha value is -1.06. The summed E-state index contributed by atoms with van der Waals surface area (Å²) in [6.45, 7) is 2.31. The molecule has 0 fully saturated rings. The molecular formula is C25H23Cl3SiTi. The molecule has 1 aliphatic rings. The van der Waals surface area contributed by atoms with Crippen molar-refractivity contribution in [1.82, 2.24) is 0 Å². The Bertz CT molecular complexity index is 947. The van der Waals surface area contributed by atoms with Crippen molar-refractivity contribution < 1.29 is 57.7 Å². The predicted molar refractivity (Wildman–Crippen MR) is 114 cm³/mol. The Balaban J connectivity index is 0.00000150. The maximum Gasteiger partial charge on any atom is -1.00 e. The predicted octanol–water partition coefficient (Wildman–Crippen LogP) is -4.66. The molecule has 0 atom stereocenters. The normalized spacial score (nSPS) is 12.9. The molecule has 0 unspecified atom stereocenters. The van der Waals surface area contributed by atoms with Crippen molar-refractivity contribution in [2.45, 2.75) is 19.8 Å². The Morgan fingerprint density at radius 1 is 0.700 bits per heavy atom. The van der Waals surface area contributed by atoms with Gasteiger partial charge in [-0.3, -0.25) is 0 Å². The zero-order valence-electron chi connectivity index (χ0n) is 16.8. The van der Waals surface area contributed by atoms with E-state index in [1.54, 1.807) is 16.3 Å². The molecule has 0 heterocycles. The number of halogens is 3. The SMILES string of the molecule is CC1=[C]([Ti+3])C(Cc2ccccc2)=C([SiH](c2ccccc2)c2ccccc2)C1.[Cl-].[Cl-].[Cl-]. The summed E-state index contributed by atoms with van der Waals surface area (Å²) in [6.07, 6.45) is 2.18. The van der Waals surface area contributed by atoms with Crippen LogP contribution in [0, 0.1) is 0 Å². The van der Waals surface area contributed by atoms with Crippen molar-refractivity contribution >= 4 is 19.2 Å². The van der Waals surface area contributed by atoms with Crippen molar-refractivity contribution in [2.24, 2.45) is 0 Å². The first-order valence-corrected chi connectivity index (χ1v) is 12.0. The van der Waals surface area contributed by atoms with Gasteiger partial charge < -0.3 is 37.2 Å². The van der Waals surface area contributed by atoms with Crippen molar-refractivity contribution in [3.63, 3.8) is 0 Å². The zero-order chi connectivity index (χ0) is 18.6. The average molecular weight is 506 g/mol. The van der Waals surface area contributed by atoms with Gasteiger partial charge in [-0.05, 0) is 0 Å². The molecule has 152 valence electrons. The van der Waals surface area contributed by atoms with Crippen molar-refractivity contribution in [2.75, 3.05) is 0 Å². The molecule has 0 aliphatic heterocycles. The van der Waals surface area contributed by atoms with E-state index < -0.39 is 8.80 Å². The van der Waals surface area contributed by atoms with Gasteiger partial charge in [-0.15, -0.1) is 0 Å². The van der Waals surface area contributed by atoms with Gasteiger partial charge in [-0.2, -0.15) is 0 Å². The van der Waals surface area contributed by atoms with Crippen LogP contribution in [0.5, 0.6) is 0 Å². The molecule has 0 radical (unpaired) electrons. The maximum absolute atomic E-state index is 2.33. The van der Waals surface area contributed by atoms with Crippen molar-refractivity contribution in [3.8, 4) is 0 Å². The third-order valence-electron chi connectivity index (χ3n) is 5.41. The van der Waals surface area contributed by atoms with E-state index in [0.717, 1.165) is 12.8 Å². The largest absolute Gasteiger partial charge is 1.00 e. The second-order valence-electron chi connectivity index (χ2n) is 7.25. The fraction of sp³-hybridized carbons (Fsp3) is 0.120. The van der Waals surface area contributed by atoms with Crippen molar-refractivity contribution in [1.29, 1.82) is 0 Å². The summed E-state index contributed by atoms with van der Waals surface area (Å²) in [5.41, 5.74) is 4.54. The maximum atomic E-state index is 2.33. The van der Waals surface area contributed by atoms with Gasteiger partial charge in [0.25, 0.3) is 0 Å². The molecule has 0 nitrogen and oxygen atoms in total. The summed E-state index contributed by atoms with van der Waals surface area (Å²) in [5, 5.41) is 4.74. The van der Waals surface area contributed by atoms with Gasteiger partial charge in [0.2, 0.25) is 0 Å². The minimum absolute atomic E-state index is 0. The number of benzene rings is 3. The zero-order valence-corrected chi connectivity index (χ0v) is 21.8. The van der Waals surface area contributed by atoms with E-state index in [1.807, 2.05) is 0 Å². The summed E-state index contributed by atoms with van der Waals surface area (Å²) in [6, 6.07) is 33.3. The van der Waals surface area contributed by atoms with Crippen LogP contribution in [0.4, 0.5) is 0 Å². The standard InChI is InChI=1S/C25H23Si.3ClH.Ti/c1-20-17-22(19-21-11-5-2-6-12-21)25(18-20)26(23-13-7-3-8-14-23)24-15-9-4-10-16-24;;;;/h2-16,26H,18-19H2,1H3;3*1H;/q;;;;+3/p-3. The van der Waals surface area contributed by atoms with Crippen molar-refractivity contribution in [3.05, 3.63) is 117 Å². The third kappa shape index (κ3) is 6.01. The van der Waals surface area contributed by atoms with Crippen LogP contribution in [-0.2, 0) is 26.9 Å². The summed E-state index contributed by atoms with van der Waals surface area (Å²) in [5.74, 6) is 0. The summed E-state index contributed by atoms with van der Waals surface area (Å²) in [4.78, 5) is 0. The molecule has 0 saturated carbocycles. The van der Waals surface area contributed by atoms with Crippen LogP contribution in [0.25, 0.3) is 0 Å². The van der Waals surface area contributed by atoms with Crippen LogP contribution < -0.4 is 47.6 Å². The first-order valence-electron chi connectivity index (χ1n) is 9.51. The molecule has 3 aromatic rings. The molecule has 0 spiro atoms. The first-order chi connectivity index (χ1) is 13.2. The quantitative estimate of drug-likeness (QED) is 0.306. The molecule has 0 N–H and O–H groups in total. The molecule has 30 heavy (non-hydrogen) atoms. The van der Waals surface area contributed by atoms with Gasteiger partial charge in [0, 0.05) is 0 Å². The van der Waals surface area contributed by atoms with Crippen LogP contribution in [0.2, 0.25) is 0 Å². The van der Waals surface area contributed by atoms with E-state index in [-0.39, 0.29) is 37.2 Å². The fourth-order valence-electron chi connectivity index (χ4n) is 4.06. The van der Waals surface area contributed by atoms with Crippen LogP contribution in [0.3, 0.4) is 0 Å². The number of allylic oxidation sites excluding steroid dienone is 4. The fourth-order valence-corrected chi connectivity index (χ4v) is 8.32. The van der Waals surface area contributed by atoms with E-state index >= 15 is 0 Å². The molecule has 1 aliphatic carbocycles. The molecule has 0 aromatic heterocycles. The summed E-state index contributed by atoms with van der Waals surface area (Å²) < 4.78 is 1.51. The van der Waals surface area contributed by atoms with Gasteiger partial charge in [0.15, 0.2) is 0 Å². The van der Waals surface area contributed by atoms with E-state index in [1.165, 1.54) is 19.8 Å². The van der Waals surface area contributed by atoms with Crippen LogP contribution in [0.1, 0.15) is 18.9 Å². The smallest absolute Gasteiger partial charge is 1.00 e. The van der Waals surface area contributed by atoms with Gasteiger partial charge in [0.1, 0.15) is 0 Å². The monoisotopic (exact) mass is 504 g/mol. The Labute approximate surface area is 212 Å². The van der Waals surface area contributed by atoms with E-state index in [4.69, 9.17) is 0 Å². The Morgan fingerprint density at radius 2 is 1.13 bits per heavy atom. The first kappa shape index (κ1) is 27.0. The minimum Gasteiger partial charge on any atom is -1.00 e. The summed E-state index contributed by atoms with van der Waals surface area (Å²) in [7, 11) is -1.44. The van der Waals surface area contributed by atoms with Crippen LogP contribution in [0.15, 0.2) is 111 Å². The van der Waals surface area contributed by atoms with Crippen LogP contribution in [-0.4, -0.2) is 8.80 Å². The van der Waals surface area contributed by atoms with Gasteiger partial charge in [-0.25, -0.2) is 0 Å². The summed E-state index contributed by atoms with van der Waals surface area (Å²) >= 11 is 2.32. The molecule has 5 heteroatoms. The molecule has 0 saturated heterocycles. The number of hydrogen-bond acceptors (Lipinski definition) is 0. The van der Waals surface area contributed by atoms with E-state index in [9.17, 15) is 0 Å². The molecule has 0 amide bonds. The van der Waals surface area contributed by atoms with E-state index in [2.05, 4.69) is 118 Å². The number of rotatable bonds is 5. The second kappa shape index (κ2) is 12.7. The Kier molecular flexibility index (Phi) is 11.4. The topological polar surface area (TPSA) is 0 Å². The van der Waals surface area contributed by atoms with Gasteiger partial charge in [-0.1, -0.05) is 0 Å². The third-order valence-corrected chi connectivity index (χ3v) is 9.90. The van der Waals surface area contributed by atoms with Gasteiger partial charge in [0.05, 0.1) is 0 Å². The Morgan fingerprint density at radius 3 is 1.60 bits per heavy atom. The molecular weight excluding hydrogens is 483 g/mol. The molecule has 0 bridgehead atoms. The molecule has 4 rings (SSSR count). The minimum atomic E-state index is -1.44. The van der Waals surface area contributed by atoms with E-state index in [0.29, 0.717) is 0 Å². The number of hydrogen-bond donors (Lipinski definition) is 0.